The number of pyridine rings is 1. The average Bonchev–Trinajstić information content (AvgIpc) is 3.00. The van der Waals surface area contributed by atoms with Gasteiger partial charge >= 0.3 is 0 Å². The second-order valence-corrected chi connectivity index (χ2v) is 6.43. The molecule has 0 spiro atoms. The van der Waals surface area contributed by atoms with Crippen molar-refractivity contribution in [3.63, 3.8) is 0 Å². The first-order valence-electron chi connectivity index (χ1n) is 8.84. The predicted octanol–water partition coefficient (Wildman–Crippen LogP) is 3.65. The SMILES string of the molecule is CCN(CC)C(=O)Cc1ccc(NC(=O)c2c(Cl)nc3ccccn23)cc1. The molecule has 0 radical (unpaired) electrons. The number of hydrogen-bond donors (Lipinski definition) is 1. The Hall–Kier alpha value is -2.86. The number of likely N-dealkylation sites (N-methyl/N-ethyl adjacent to an activating group) is 1. The maximum Gasteiger partial charge on any atom is 0.275 e. The number of carbonyl (C=O) groups is 2. The van der Waals surface area contributed by atoms with E-state index in [-0.39, 0.29) is 22.7 Å². The predicted molar refractivity (Wildman–Crippen MR) is 106 cm³/mol. The number of hydrogen-bond acceptors (Lipinski definition) is 3. The zero-order valence-electron chi connectivity index (χ0n) is 15.3. The Bertz CT molecular complexity index is 962. The normalized spacial score (nSPS) is 10.8. The summed E-state index contributed by atoms with van der Waals surface area (Å²) in [5.41, 5.74) is 2.42. The van der Waals surface area contributed by atoms with Gasteiger partial charge in [-0.25, -0.2) is 4.98 Å². The number of rotatable bonds is 6. The fraction of sp³-hybridized carbons (Fsp3) is 0.250. The molecular formula is C20H21ClN4O2. The fourth-order valence-electron chi connectivity index (χ4n) is 2.93. The summed E-state index contributed by atoms with van der Waals surface area (Å²) < 4.78 is 1.65. The number of carbonyl (C=O) groups excluding carboxylic acids is 2. The van der Waals surface area contributed by atoms with Gasteiger partial charge in [0, 0.05) is 25.0 Å². The number of nitrogens with one attached hydrogen (secondary N) is 1. The van der Waals surface area contributed by atoms with E-state index in [9.17, 15) is 9.59 Å². The summed E-state index contributed by atoms with van der Waals surface area (Å²) in [6.07, 6.45) is 2.08. The third kappa shape index (κ3) is 4.11. The van der Waals surface area contributed by atoms with Gasteiger partial charge in [-0.05, 0) is 43.7 Å². The van der Waals surface area contributed by atoms with Gasteiger partial charge in [0.15, 0.2) is 10.8 Å². The lowest BCUT2D eigenvalue weighted by Gasteiger charge is -2.18. The summed E-state index contributed by atoms with van der Waals surface area (Å²) in [7, 11) is 0. The Morgan fingerprint density at radius 2 is 1.81 bits per heavy atom. The van der Waals surface area contributed by atoms with Crippen LogP contribution in [0.3, 0.4) is 0 Å². The van der Waals surface area contributed by atoms with Crippen molar-refractivity contribution in [1.82, 2.24) is 14.3 Å². The van der Waals surface area contributed by atoms with E-state index in [2.05, 4.69) is 10.3 Å². The Labute approximate surface area is 162 Å². The number of halogens is 1. The number of benzene rings is 1. The van der Waals surface area contributed by atoms with Crippen molar-refractivity contribution >= 4 is 34.7 Å². The van der Waals surface area contributed by atoms with Gasteiger partial charge in [-0.1, -0.05) is 29.8 Å². The highest BCUT2D eigenvalue weighted by Gasteiger charge is 2.18. The molecule has 0 saturated heterocycles. The first-order chi connectivity index (χ1) is 13.0. The van der Waals surface area contributed by atoms with Crippen molar-refractivity contribution in [2.24, 2.45) is 0 Å². The van der Waals surface area contributed by atoms with E-state index in [4.69, 9.17) is 11.6 Å². The van der Waals surface area contributed by atoms with Crippen LogP contribution in [-0.4, -0.2) is 39.2 Å². The van der Waals surface area contributed by atoms with Gasteiger partial charge in [-0.3, -0.25) is 14.0 Å². The highest BCUT2D eigenvalue weighted by molar-refractivity contribution is 6.33. The Morgan fingerprint density at radius 3 is 2.48 bits per heavy atom. The molecule has 1 N–H and O–H groups in total. The van der Waals surface area contributed by atoms with Crippen LogP contribution >= 0.6 is 11.6 Å². The molecule has 0 aliphatic heterocycles. The van der Waals surface area contributed by atoms with Crippen molar-refractivity contribution < 1.29 is 9.59 Å². The van der Waals surface area contributed by atoms with Crippen molar-refractivity contribution in [1.29, 1.82) is 0 Å². The largest absolute Gasteiger partial charge is 0.343 e. The Balaban J connectivity index is 1.72. The third-order valence-electron chi connectivity index (χ3n) is 4.39. The quantitative estimate of drug-likeness (QED) is 0.705. The number of nitrogens with zero attached hydrogens (tertiary/aromatic N) is 3. The summed E-state index contributed by atoms with van der Waals surface area (Å²) >= 11 is 6.13. The number of aromatic nitrogens is 2. The smallest absolute Gasteiger partial charge is 0.275 e. The van der Waals surface area contributed by atoms with E-state index in [0.717, 1.165) is 5.56 Å². The summed E-state index contributed by atoms with van der Waals surface area (Å²) in [4.78, 5) is 30.8. The minimum Gasteiger partial charge on any atom is -0.343 e. The van der Waals surface area contributed by atoms with Crippen LogP contribution in [0.1, 0.15) is 29.9 Å². The summed E-state index contributed by atoms with van der Waals surface area (Å²) in [6, 6.07) is 12.7. The van der Waals surface area contributed by atoms with Gasteiger partial charge in [0.05, 0.1) is 6.42 Å². The summed E-state index contributed by atoms with van der Waals surface area (Å²) in [5, 5.41) is 2.98. The van der Waals surface area contributed by atoms with Crippen LogP contribution in [-0.2, 0) is 11.2 Å². The first kappa shape index (κ1) is 18.9. The molecule has 0 aliphatic rings. The van der Waals surface area contributed by atoms with Crippen LogP contribution in [0.4, 0.5) is 5.69 Å². The standard InChI is InChI=1S/C20H21ClN4O2/c1-3-24(4-2)17(26)13-14-8-10-15(11-9-14)22-20(27)18-19(21)23-16-7-5-6-12-25(16)18/h5-12H,3-4,13H2,1-2H3,(H,22,27). The van der Waals surface area contributed by atoms with Crippen LogP contribution < -0.4 is 5.32 Å². The zero-order chi connectivity index (χ0) is 19.4. The molecule has 0 aliphatic carbocycles. The molecule has 140 valence electrons. The molecule has 0 bridgehead atoms. The number of fused-ring (bicyclic) bond motifs is 1. The van der Waals surface area contributed by atoms with Crippen LogP contribution in [0.25, 0.3) is 5.65 Å². The van der Waals surface area contributed by atoms with Crippen LogP contribution in [0.5, 0.6) is 0 Å². The Morgan fingerprint density at radius 1 is 1.11 bits per heavy atom. The second-order valence-electron chi connectivity index (χ2n) is 6.07. The molecule has 2 heterocycles. The average molecular weight is 385 g/mol. The highest BCUT2D eigenvalue weighted by Crippen LogP contribution is 2.19. The molecule has 3 rings (SSSR count). The van der Waals surface area contributed by atoms with Crippen molar-refractivity contribution in [3.05, 3.63) is 65.1 Å². The van der Waals surface area contributed by atoms with Crippen LogP contribution in [0.2, 0.25) is 5.15 Å². The molecule has 27 heavy (non-hydrogen) atoms. The molecule has 1 aromatic carbocycles. The molecule has 7 heteroatoms. The molecular weight excluding hydrogens is 364 g/mol. The molecule has 3 aromatic rings. The molecule has 0 unspecified atom stereocenters. The number of imidazole rings is 1. The molecule has 2 aromatic heterocycles. The van der Waals surface area contributed by atoms with Gasteiger partial charge in [0.1, 0.15) is 5.65 Å². The van der Waals surface area contributed by atoms with E-state index in [1.165, 1.54) is 0 Å². The molecule has 6 nitrogen and oxygen atoms in total. The Kier molecular flexibility index (Phi) is 5.76. The first-order valence-corrected chi connectivity index (χ1v) is 9.22. The van der Waals surface area contributed by atoms with E-state index >= 15 is 0 Å². The van der Waals surface area contributed by atoms with Crippen LogP contribution in [0, 0.1) is 0 Å². The maximum absolute atomic E-state index is 12.6. The van der Waals surface area contributed by atoms with Gasteiger partial charge < -0.3 is 10.2 Å². The van der Waals surface area contributed by atoms with Crippen molar-refractivity contribution in [2.45, 2.75) is 20.3 Å². The number of anilines is 1. The lowest BCUT2D eigenvalue weighted by Crippen LogP contribution is -2.31. The van der Waals surface area contributed by atoms with Gasteiger partial charge in [0.25, 0.3) is 5.91 Å². The van der Waals surface area contributed by atoms with E-state index in [1.807, 2.05) is 38.1 Å². The van der Waals surface area contributed by atoms with Gasteiger partial charge in [-0.15, -0.1) is 0 Å². The molecule has 2 amide bonds. The summed E-state index contributed by atoms with van der Waals surface area (Å²) in [5.74, 6) is -0.250. The van der Waals surface area contributed by atoms with Crippen LogP contribution in [0.15, 0.2) is 48.7 Å². The van der Waals surface area contributed by atoms with Crippen molar-refractivity contribution in [2.75, 3.05) is 18.4 Å². The number of amides is 2. The molecule has 0 fully saturated rings. The third-order valence-corrected chi connectivity index (χ3v) is 4.65. The molecule has 0 atom stereocenters. The minimum absolute atomic E-state index is 0.0919. The highest BCUT2D eigenvalue weighted by atomic mass is 35.5. The van der Waals surface area contributed by atoms with E-state index in [0.29, 0.717) is 30.8 Å². The fourth-order valence-corrected chi connectivity index (χ4v) is 3.19. The lowest BCUT2D eigenvalue weighted by molar-refractivity contribution is -0.130. The minimum atomic E-state index is -0.342. The second kappa shape index (κ2) is 8.22. The van der Waals surface area contributed by atoms with Crippen molar-refractivity contribution in [3.8, 4) is 0 Å². The van der Waals surface area contributed by atoms with Gasteiger partial charge in [0.2, 0.25) is 5.91 Å². The molecule has 0 saturated carbocycles. The van der Waals surface area contributed by atoms with E-state index in [1.54, 1.807) is 33.7 Å². The monoisotopic (exact) mass is 384 g/mol. The lowest BCUT2D eigenvalue weighted by atomic mass is 10.1. The topological polar surface area (TPSA) is 66.7 Å². The maximum atomic E-state index is 12.6. The van der Waals surface area contributed by atoms with E-state index < -0.39 is 0 Å². The van der Waals surface area contributed by atoms with Gasteiger partial charge in [-0.2, -0.15) is 0 Å². The zero-order valence-corrected chi connectivity index (χ0v) is 16.0. The summed E-state index contributed by atoms with van der Waals surface area (Å²) in [6.45, 7) is 5.32.